The van der Waals surface area contributed by atoms with Crippen LogP contribution < -0.4 is 21.1 Å². The number of anilines is 3. The van der Waals surface area contributed by atoms with Crippen LogP contribution in [0.5, 0.6) is 0 Å². The molecular formula is C23H30N6O2. The van der Waals surface area contributed by atoms with Gasteiger partial charge >= 0.3 is 0 Å². The van der Waals surface area contributed by atoms with E-state index in [4.69, 9.17) is 4.74 Å². The summed E-state index contributed by atoms with van der Waals surface area (Å²) in [4.78, 5) is 23.8. The molecule has 0 radical (unpaired) electrons. The smallest absolute Gasteiger partial charge is 0.252 e. The summed E-state index contributed by atoms with van der Waals surface area (Å²) < 4.78 is 7.30. The van der Waals surface area contributed by atoms with Crippen molar-refractivity contribution in [3.05, 3.63) is 52.9 Å². The van der Waals surface area contributed by atoms with Gasteiger partial charge in [-0.2, -0.15) is 4.98 Å². The maximum atomic E-state index is 12.4. The van der Waals surface area contributed by atoms with Gasteiger partial charge in [0.25, 0.3) is 5.56 Å². The summed E-state index contributed by atoms with van der Waals surface area (Å²) in [6.45, 7) is 7.84. The van der Waals surface area contributed by atoms with E-state index in [1.165, 1.54) is 5.69 Å². The number of ether oxygens (including phenoxy) is 1. The van der Waals surface area contributed by atoms with Crippen molar-refractivity contribution in [2.24, 2.45) is 0 Å². The molecule has 1 fully saturated rings. The van der Waals surface area contributed by atoms with Crippen LogP contribution in [-0.2, 0) is 11.3 Å². The van der Waals surface area contributed by atoms with Gasteiger partial charge in [-0.15, -0.1) is 0 Å². The molecule has 0 atom stereocenters. The van der Waals surface area contributed by atoms with Gasteiger partial charge in [-0.25, -0.2) is 4.98 Å². The molecule has 0 spiro atoms. The Bertz CT molecular complexity index is 1040. The third-order valence-electron chi connectivity index (χ3n) is 5.43. The lowest BCUT2D eigenvalue weighted by Gasteiger charge is -2.29. The zero-order valence-corrected chi connectivity index (χ0v) is 18.0. The van der Waals surface area contributed by atoms with Crippen LogP contribution in [0.1, 0.15) is 19.8 Å². The highest BCUT2D eigenvalue weighted by molar-refractivity contribution is 5.75. The van der Waals surface area contributed by atoms with E-state index in [-0.39, 0.29) is 5.56 Å². The first kappa shape index (κ1) is 21.3. The third kappa shape index (κ3) is 5.39. The minimum Gasteiger partial charge on any atom is -0.380 e. The van der Waals surface area contributed by atoms with E-state index in [1.54, 1.807) is 22.9 Å². The summed E-state index contributed by atoms with van der Waals surface area (Å²) in [5.41, 5.74) is 2.65. The van der Waals surface area contributed by atoms with Crippen LogP contribution in [-0.4, -0.2) is 53.9 Å². The van der Waals surface area contributed by atoms with E-state index >= 15 is 0 Å². The summed E-state index contributed by atoms with van der Waals surface area (Å²) in [5.74, 6) is 0.466. The van der Waals surface area contributed by atoms with Gasteiger partial charge in [0.05, 0.1) is 13.2 Å². The Morgan fingerprint density at radius 2 is 1.90 bits per heavy atom. The van der Waals surface area contributed by atoms with Crippen LogP contribution in [0.15, 0.2) is 47.4 Å². The van der Waals surface area contributed by atoms with Gasteiger partial charge < -0.3 is 20.3 Å². The van der Waals surface area contributed by atoms with Crippen LogP contribution in [0, 0.1) is 0 Å². The number of unbranched alkanes of at least 4 members (excludes halogenated alkanes) is 1. The fourth-order valence-electron chi connectivity index (χ4n) is 3.66. The molecule has 8 nitrogen and oxygen atoms in total. The number of hydrogen-bond acceptors (Lipinski definition) is 7. The average Bonchev–Trinajstić information content (AvgIpc) is 2.81. The van der Waals surface area contributed by atoms with E-state index in [9.17, 15) is 4.79 Å². The Kier molecular flexibility index (Phi) is 7.11. The maximum absolute atomic E-state index is 12.4. The molecule has 31 heavy (non-hydrogen) atoms. The highest BCUT2D eigenvalue weighted by atomic mass is 16.5. The second-order valence-corrected chi connectivity index (χ2v) is 7.67. The van der Waals surface area contributed by atoms with Gasteiger partial charge in [0.2, 0.25) is 5.95 Å². The van der Waals surface area contributed by atoms with Crippen LogP contribution in [0.25, 0.3) is 11.0 Å². The highest BCUT2D eigenvalue weighted by Crippen LogP contribution is 2.21. The second kappa shape index (κ2) is 10.4. The first-order valence-corrected chi connectivity index (χ1v) is 11.0. The first-order valence-electron chi connectivity index (χ1n) is 11.0. The highest BCUT2D eigenvalue weighted by Gasteiger charge is 2.11. The summed E-state index contributed by atoms with van der Waals surface area (Å²) >= 11 is 0. The molecule has 1 aromatic carbocycles. The largest absolute Gasteiger partial charge is 0.380 e. The van der Waals surface area contributed by atoms with Crippen molar-refractivity contribution < 1.29 is 4.74 Å². The molecule has 0 saturated carbocycles. The van der Waals surface area contributed by atoms with E-state index < -0.39 is 0 Å². The second-order valence-electron chi connectivity index (χ2n) is 7.67. The van der Waals surface area contributed by atoms with Gasteiger partial charge in [-0.3, -0.25) is 9.36 Å². The van der Waals surface area contributed by atoms with E-state index in [2.05, 4.69) is 44.6 Å². The molecule has 8 heteroatoms. The number of pyridine rings is 1. The van der Waals surface area contributed by atoms with Crippen LogP contribution in [0.4, 0.5) is 17.3 Å². The average molecular weight is 423 g/mol. The van der Waals surface area contributed by atoms with Crippen molar-refractivity contribution in [1.29, 1.82) is 0 Å². The number of nitrogens with zero attached hydrogens (tertiary/aromatic N) is 4. The lowest BCUT2D eigenvalue weighted by Crippen LogP contribution is -2.43. The molecule has 2 N–H and O–H groups in total. The van der Waals surface area contributed by atoms with Gasteiger partial charge in [0.1, 0.15) is 5.65 Å². The van der Waals surface area contributed by atoms with Gasteiger partial charge in [-0.1, -0.05) is 13.3 Å². The molecule has 0 unspecified atom stereocenters. The van der Waals surface area contributed by atoms with Crippen molar-refractivity contribution in [2.45, 2.75) is 26.3 Å². The summed E-state index contributed by atoms with van der Waals surface area (Å²) in [6, 6.07) is 11.6. The molecule has 0 aliphatic carbocycles. The summed E-state index contributed by atoms with van der Waals surface area (Å²) in [5, 5.41) is 7.45. The summed E-state index contributed by atoms with van der Waals surface area (Å²) in [7, 11) is 0. The van der Waals surface area contributed by atoms with Gasteiger partial charge in [0, 0.05) is 61.8 Å². The predicted octanol–water partition coefficient (Wildman–Crippen LogP) is 2.76. The Morgan fingerprint density at radius 3 is 2.68 bits per heavy atom. The van der Waals surface area contributed by atoms with E-state index in [0.717, 1.165) is 50.1 Å². The Labute approximate surface area is 182 Å². The van der Waals surface area contributed by atoms with Crippen LogP contribution in [0.3, 0.4) is 0 Å². The quantitative estimate of drug-likeness (QED) is 0.513. The lowest BCUT2D eigenvalue weighted by atomic mass is 10.2. The first-order chi connectivity index (χ1) is 15.2. The third-order valence-corrected chi connectivity index (χ3v) is 5.43. The molecule has 3 aromatic rings. The maximum Gasteiger partial charge on any atom is 0.252 e. The van der Waals surface area contributed by atoms with Gasteiger partial charge in [-0.05, 0) is 36.8 Å². The molecule has 1 aliphatic rings. The number of hydrogen-bond donors (Lipinski definition) is 2. The molecule has 164 valence electrons. The van der Waals surface area contributed by atoms with E-state index in [0.29, 0.717) is 31.4 Å². The van der Waals surface area contributed by atoms with E-state index in [1.807, 2.05) is 12.1 Å². The van der Waals surface area contributed by atoms with Crippen LogP contribution in [0.2, 0.25) is 0 Å². The molecular weight excluding hydrogens is 392 g/mol. The number of fused-ring (bicyclic) bond motifs is 1. The number of rotatable bonds is 9. The number of benzene rings is 1. The Hall–Kier alpha value is -2.97. The Balaban J connectivity index is 1.49. The lowest BCUT2D eigenvalue weighted by molar-refractivity contribution is 0.123. The van der Waals surface area contributed by atoms with Crippen molar-refractivity contribution in [1.82, 2.24) is 19.9 Å². The molecule has 3 heterocycles. The molecule has 0 bridgehead atoms. The predicted molar refractivity (Wildman–Crippen MR) is 124 cm³/mol. The van der Waals surface area contributed by atoms with Crippen molar-refractivity contribution in [3.8, 4) is 0 Å². The number of aromatic nitrogens is 3. The normalized spacial score (nSPS) is 14.2. The fraction of sp³-hybridized carbons (Fsp3) is 0.435. The SMILES string of the molecule is CCCCOCCn1c(=O)ccc2cnc(Nc3ccc(N4CCNCC4)cc3)nc21. The molecule has 0 amide bonds. The molecule has 1 aliphatic heterocycles. The zero-order valence-electron chi connectivity index (χ0n) is 18.0. The van der Waals surface area contributed by atoms with Crippen molar-refractivity contribution in [2.75, 3.05) is 49.6 Å². The number of piperazine rings is 1. The number of nitrogens with one attached hydrogen (secondary N) is 2. The minimum atomic E-state index is -0.0865. The monoisotopic (exact) mass is 422 g/mol. The van der Waals surface area contributed by atoms with Crippen LogP contribution >= 0.6 is 0 Å². The minimum absolute atomic E-state index is 0.0865. The zero-order chi connectivity index (χ0) is 21.5. The Morgan fingerprint density at radius 1 is 1.10 bits per heavy atom. The molecule has 4 rings (SSSR count). The molecule has 1 saturated heterocycles. The van der Waals surface area contributed by atoms with Gasteiger partial charge in [0.15, 0.2) is 0 Å². The van der Waals surface area contributed by atoms with Crippen molar-refractivity contribution in [3.63, 3.8) is 0 Å². The topological polar surface area (TPSA) is 84.3 Å². The molecule has 2 aromatic heterocycles. The van der Waals surface area contributed by atoms with Crippen molar-refractivity contribution >= 4 is 28.4 Å². The fourth-order valence-corrected chi connectivity index (χ4v) is 3.66. The standard InChI is InChI=1S/C23H30N6O2/c1-2-3-15-31-16-14-29-21(30)9-4-18-17-25-23(27-22(18)29)26-19-5-7-20(8-6-19)28-12-10-24-11-13-28/h4-9,17,24H,2-3,10-16H2,1H3,(H,25,26,27). The summed E-state index contributed by atoms with van der Waals surface area (Å²) in [6.07, 6.45) is 3.86.